The third-order valence-corrected chi connectivity index (χ3v) is 4.33. The normalized spacial score (nSPS) is 10.5. The van der Waals surface area contributed by atoms with Gasteiger partial charge in [0.2, 0.25) is 5.91 Å². The standard InChI is InChI=1S/C24H23NO3/c1-2-16-28-24(27)20-14-9-15-21(17-20)25-23(26)22(18-10-5-3-6-11-18)19-12-7-4-8-13-19/h3-15,17,22H,2,16H2,1H3,(H,25,26). The molecule has 0 saturated heterocycles. The molecule has 0 bridgehead atoms. The zero-order valence-corrected chi connectivity index (χ0v) is 15.8. The fraction of sp³-hybridized carbons (Fsp3) is 0.167. The van der Waals surface area contributed by atoms with E-state index in [1.54, 1.807) is 24.3 Å². The van der Waals surface area contributed by atoms with Gasteiger partial charge in [0.25, 0.3) is 0 Å². The van der Waals surface area contributed by atoms with Gasteiger partial charge in [0.15, 0.2) is 0 Å². The topological polar surface area (TPSA) is 55.4 Å². The lowest BCUT2D eigenvalue weighted by molar-refractivity contribution is -0.116. The van der Waals surface area contributed by atoms with Crippen LogP contribution in [0.5, 0.6) is 0 Å². The van der Waals surface area contributed by atoms with E-state index in [0.717, 1.165) is 17.5 Å². The Balaban J connectivity index is 1.84. The van der Waals surface area contributed by atoms with E-state index in [9.17, 15) is 9.59 Å². The number of anilines is 1. The molecule has 0 aromatic heterocycles. The van der Waals surface area contributed by atoms with Crippen LogP contribution < -0.4 is 5.32 Å². The maximum Gasteiger partial charge on any atom is 0.338 e. The van der Waals surface area contributed by atoms with Gasteiger partial charge in [-0.2, -0.15) is 0 Å². The van der Waals surface area contributed by atoms with E-state index < -0.39 is 5.92 Å². The molecule has 28 heavy (non-hydrogen) atoms. The Kier molecular flexibility index (Phi) is 6.58. The summed E-state index contributed by atoms with van der Waals surface area (Å²) in [5.41, 5.74) is 2.80. The Morgan fingerprint density at radius 1 is 0.857 bits per heavy atom. The molecule has 0 fully saturated rings. The molecule has 3 aromatic carbocycles. The van der Waals surface area contributed by atoms with Crippen molar-refractivity contribution in [1.82, 2.24) is 0 Å². The van der Waals surface area contributed by atoms with Crippen molar-refractivity contribution in [2.45, 2.75) is 19.3 Å². The van der Waals surface area contributed by atoms with Crippen LogP contribution in [-0.2, 0) is 9.53 Å². The average Bonchev–Trinajstić information content (AvgIpc) is 2.74. The Bertz CT molecular complexity index is 883. The highest BCUT2D eigenvalue weighted by molar-refractivity contribution is 5.99. The first-order chi connectivity index (χ1) is 13.7. The summed E-state index contributed by atoms with van der Waals surface area (Å²) in [6.45, 7) is 2.32. The predicted octanol–water partition coefficient (Wildman–Crippen LogP) is 5.02. The van der Waals surface area contributed by atoms with Crippen molar-refractivity contribution in [1.29, 1.82) is 0 Å². The lowest BCUT2D eigenvalue weighted by Crippen LogP contribution is -2.22. The summed E-state index contributed by atoms with van der Waals surface area (Å²) in [5.74, 6) is -0.991. The van der Waals surface area contributed by atoms with Crippen molar-refractivity contribution in [2.75, 3.05) is 11.9 Å². The molecular weight excluding hydrogens is 350 g/mol. The van der Waals surface area contributed by atoms with Gasteiger partial charge in [0.05, 0.1) is 18.1 Å². The van der Waals surface area contributed by atoms with Crippen LogP contribution >= 0.6 is 0 Å². The number of hydrogen-bond acceptors (Lipinski definition) is 3. The van der Waals surface area contributed by atoms with Gasteiger partial charge in [0, 0.05) is 5.69 Å². The SMILES string of the molecule is CCCOC(=O)c1cccc(NC(=O)C(c2ccccc2)c2ccccc2)c1. The molecule has 0 atom stereocenters. The first kappa shape index (κ1) is 19.4. The van der Waals surface area contributed by atoms with Crippen LogP contribution in [0, 0.1) is 0 Å². The molecule has 3 aromatic rings. The van der Waals surface area contributed by atoms with E-state index in [2.05, 4.69) is 5.32 Å². The third kappa shape index (κ3) is 4.86. The number of carbonyl (C=O) groups is 2. The van der Waals surface area contributed by atoms with Gasteiger partial charge < -0.3 is 10.1 Å². The van der Waals surface area contributed by atoms with Crippen LogP contribution in [0.3, 0.4) is 0 Å². The third-order valence-electron chi connectivity index (χ3n) is 4.33. The number of ether oxygens (including phenoxy) is 1. The summed E-state index contributed by atoms with van der Waals surface area (Å²) in [6, 6.07) is 26.1. The number of benzene rings is 3. The maximum atomic E-state index is 13.1. The van der Waals surface area contributed by atoms with E-state index in [4.69, 9.17) is 4.74 Å². The van der Waals surface area contributed by atoms with Crippen LogP contribution in [0.1, 0.15) is 40.7 Å². The van der Waals surface area contributed by atoms with Gasteiger partial charge >= 0.3 is 5.97 Å². The monoisotopic (exact) mass is 373 g/mol. The minimum Gasteiger partial charge on any atom is -0.462 e. The van der Waals surface area contributed by atoms with E-state index in [1.807, 2.05) is 67.6 Å². The lowest BCUT2D eigenvalue weighted by Gasteiger charge is -2.18. The minimum atomic E-state index is -0.446. The van der Waals surface area contributed by atoms with Crippen molar-refractivity contribution < 1.29 is 14.3 Å². The Hall–Kier alpha value is -3.40. The van der Waals surface area contributed by atoms with E-state index in [1.165, 1.54) is 0 Å². The summed E-state index contributed by atoms with van der Waals surface area (Å²) in [7, 11) is 0. The molecule has 0 radical (unpaired) electrons. The first-order valence-corrected chi connectivity index (χ1v) is 9.37. The van der Waals surface area contributed by atoms with Gasteiger partial charge in [-0.1, -0.05) is 73.7 Å². The fourth-order valence-corrected chi connectivity index (χ4v) is 3.00. The van der Waals surface area contributed by atoms with Gasteiger partial charge in [-0.3, -0.25) is 4.79 Å². The summed E-state index contributed by atoms with van der Waals surface area (Å²) in [6.07, 6.45) is 0.762. The molecular formula is C24H23NO3. The smallest absolute Gasteiger partial charge is 0.338 e. The summed E-state index contributed by atoms with van der Waals surface area (Å²) in [5, 5.41) is 2.94. The molecule has 0 aliphatic heterocycles. The molecule has 1 amide bonds. The van der Waals surface area contributed by atoms with Crippen LogP contribution in [-0.4, -0.2) is 18.5 Å². The minimum absolute atomic E-state index is 0.156. The molecule has 4 nitrogen and oxygen atoms in total. The summed E-state index contributed by atoms with van der Waals surface area (Å²) in [4.78, 5) is 25.2. The largest absolute Gasteiger partial charge is 0.462 e. The number of amides is 1. The van der Waals surface area contributed by atoms with Crippen LogP contribution in [0.25, 0.3) is 0 Å². The lowest BCUT2D eigenvalue weighted by atomic mass is 9.90. The molecule has 1 N–H and O–H groups in total. The van der Waals surface area contributed by atoms with E-state index in [0.29, 0.717) is 17.9 Å². The molecule has 4 heteroatoms. The van der Waals surface area contributed by atoms with Crippen LogP contribution in [0.4, 0.5) is 5.69 Å². The van der Waals surface area contributed by atoms with Crippen molar-refractivity contribution >= 4 is 17.6 Å². The molecule has 3 rings (SSSR count). The molecule has 0 spiro atoms. The number of carbonyl (C=O) groups excluding carboxylic acids is 2. The average molecular weight is 373 g/mol. The van der Waals surface area contributed by atoms with Crippen LogP contribution in [0.2, 0.25) is 0 Å². The Labute approximate surface area is 165 Å². The van der Waals surface area contributed by atoms with Crippen LogP contribution in [0.15, 0.2) is 84.9 Å². The molecule has 0 saturated carbocycles. The fourth-order valence-electron chi connectivity index (χ4n) is 3.00. The van der Waals surface area contributed by atoms with Gasteiger partial charge in [-0.15, -0.1) is 0 Å². The predicted molar refractivity (Wildman–Crippen MR) is 110 cm³/mol. The molecule has 0 unspecified atom stereocenters. The van der Waals surface area contributed by atoms with Crippen molar-refractivity contribution in [3.05, 3.63) is 102 Å². The van der Waals surface area contributed by atoms with E-state index >= 15 is 0 Å². The number of nitrogens with one attached hydrogen (secondary N) is 1. The first-order valence-electron chi connectivity index (χ1n) is 9.37. The van der Waals surface area contributed by atoms with Crippen molar-refractivity contribution in [2.24, 2.45) is 0 Å². The summed E-state index contributed by atoms with van der Waals surface area (Å²) < 4.78 is 5.17. The highest BCUT2D eigenvalue weighted by atomic mass is 16.5. The Morgan fingerprint density at radius 2 is 1.46 bits per heavy atom. The maximum absolute atomic E-state index is 13.1. The number of rotatable bonds is 7. The zero-order valence-electron chi connectivity index (χ0n) is 15.8. The molecule has 0 aliphatic carbocycles. The second kappa shape index (κ2) is 9.51. The second-order valence-electron chi connectivity index (χ2n) is 6.46. The summed E-state index contributed by atoms with van der Waals surface area (Å²) >= 11 is 0. The number of esters is 1. The van der Waals surface area contributed by atoms with Gasteiger partial charge in [-0.25, -0.2) is 4.79 Å². The van der Waals surface area contributed by atoms with Gasteiger partial charge in [-0.05, 0) is 35.7 Å². The quantitative estimate of drug-likeness (QED) is 0.591. The Morgan fingerprint density at radius 3 is 2.04 bits per heavy atom. The van der Waals surface area contributed by atoms with Crippen molar-refractivity contribution in [3.8, 4) is 0 Å². The van der Waals surface area contributed by atoms with Gasteiger partial charge in [0.1, 0.15) is 0 Å². The zero-order chi connectivity index (χ0) is 19.8. The molecule has 142 valence electrons. The second-order valence-corrected chi connectivity index (χ2v) is 6.46. The van der Waals surface area contributed by atoms with Crippen molar-refractivity contribution in [3.63, 3.8) is 0 Å². The highest BCUT2D eigenvalue weighted by Crippen LogP contribution is 2.26. The van der Waals surface area contributed by atoms with E-state index in [-0.39, 0.29) is 11.9 Å². The highest BCUT2D eigenvalue weighted by Gasteiger charge is 2.22. The molecule has 0 aliphatic rings. The molecule has 0 heterocycles. The number of hydrogen-bond donors (Lipinski definition) is 1.